The summed E-state index contributed by atoms with van der Waals surface area (Å²) in [5, 5.41) is 3.43. The van der Waals surface area contributed by atoms with Crippen LogP contribution < -0.4 is 5.32 Å². The van der Waals surface area contributed by atoms with Crippen LogP contribution in [0.15, 0.2) is 24.3 Å². The summed E-state index contributed by atoms with van der Waals surface area (Å²) in [6.07, 6.45) is 2.44. The lowest BCUT2D eigenvalue weighted by Crippen LogP contribution is -2.17. The predicted molar refractivity (Wildman–Crippen MR) is 60.4 cm³/mol. The molecule has 2 atom stereocenters. The fraction of sp³-hybridized carbons (Fsp3) is 0.538. The minimum absolute atomic E-state index is 0.139. The Balaban J connectivity index is 1.80. The van der Waals surface area contributed by atoms with Gasteiger partial charge in [-0.15, -0.1) is 0 Å². The smallest absolute Gasteiger partial charge is 0.123 e. The van der Waals surface area contributed by atoms with Gasteiger partial charge in [0.1, 0.15) is 5.82 Å². The summed E-state index contributed by atoms with van der Waals surface area (Å²) in [4.78, 5) is 0. The molecule has 1 saturated carbocycles. The van der Waals surface area contributed by atoms with Crippen molar-refractivity contribution in [2.24, 2.45) is 5.92 Å². The minimum atomic E-state index is -0.139. The van der Waals surface area contributed by atoms with Crippen LogP contribution in [0.25, 0.3) is 0 Å². The van der Waals surface area contributed by atoms with E-state index in [4.69, 9.17) is 0 Å². The summed E-state index contributed by atoms with van der Waals surface area (Å²) < 4.78 is 12.7. The largest absolute Gasteiger partial charge is 0.316 e. The van der Waals surface area contributed by atoms with Crippen LogP contribution in [0.1, 0.15) is 31.2 Å². The van der Waals surface area contributed by atoms with E-state index in [-0.39, 0.29) is 5.82 Å². The van der Waals surface area contributed by atoms with Gasteiger partial charge in [0, 0.05) is 0 Å². The van der Waals surface area contributed by atoms with Crippen LogP contribution in [0.5, 0.6) is 0 Å². The second-order valence-electron chi connectivity index (χ2n) is 4.36. The van der Waals surface area contributed by atoms with Gasteiger partial charge in [-0.2, -0.15) is 0 Å². The molecule has 2 rings (SSSR count). The van der Waals surface area contributed by atoms with E-state index >= 15 is 0 Å². The molecule has 0 amide bonds. The lowest BCUT2D eigenvalue weighted by Gasteiger charge is -2.02. The third-order valence-corrected chi connectivity index (χ3v) is 3.05. The van der Waals surface area contributed by atoms with Gasteiger partial charge in [0.25, 0.3) is 0 Å². The van der Waals surface area contributed by atoms with Crippen LogP contribution in [0, 0.1) is 11.7 Å². The van der Waals surface area contributed by atoms with Crippen molar-refractivity contribution in [1.29, 1.82) is 0 Å². The second kappa shape index (κ2) is 4.75. The normalized spacial score (nSPS) is 24.1. The molecule has 0 aliphatic heterocycles. The Morgan fingerprint density at radius 2 is 2.07 bits per heavy atom. The quantitative estimate of drug-likeness (QED) is 0.732. The molecule has 0 spiro atoms. The van der Waals surface area contributed by atoms with Gasteiger partial charge in [-0.1, -0.05) is 19.1 Å². The van der Waals surface area contributed by atoms with Crippen molar-refractivity contribution in [2.75, 3.05) is 13.1 Å². The molecule has 82 valence electrons. The Morgan fingerprint density at radius 3 is 2.73 bits per heavy atom. The highest BCUT2D eigenvalue weighted by molar-refractivity contribution is 5.26. The SMILES string of the molecule is CCCNCC1CC1c1ccc(F)cc1. The zero-order valence-corrected chi connectivity index (χ0v) is 9.17. The fourth-order valence-electron chi connectivity index (χ4n) is 2.06. The molecule has 1 fully saturated rings. The van der Waals surface area contributed by atoms with E-state index in [9.17, 15) is 4.39 Å². The van der Waals surface area contributed by atoms with Crippen LogP contribution in [0.4, 0.5) is 4.39 Å². The minimum Gasteiger partial charge on any atom is -0.316 e. The van der Waals surface area contributed by atoms with Gasteiger partial charge in [0.2, 0.25) is 0 Å². The van der Waals surface area contributed by atoms with Gasteiger partial charge in [0.15, 0.2) is 0 Å². The lowest BCUT2D eigenvalue weighted by molar-refractivity contribution is 0.617. The Kier molecular flexibility index (Phi) is 3.37. The molecule has 15 heavy (non-hydrogen) atoms. The maximum Gasteiger partial charge on any atom is 0.123 e. The Bertz CT molecular complexity index is 307. The van der Waals surface area contributed by atoms with Crippen LogP contribution in [0.3, 0.4) is 0 Å². The summed E-state index contributed by atoms with van der Waals surface area (Å²) in [6, 6.07) is 6.95. The zero-order chi connectivity index (χ0) is 10.7. The van der Waals surface area contributed by atoms with E-state index in [1.165, 1.54) is 18.4 Å². The Morgan fingerprint density at radius 1 is 1.33 bits per heavy atom. The molecule has 1 N–H and O–H groups in total. The van der Waals surface area contributed by atoms with Crippen LogP contribution >= 0.6 is 0 Å². The summed E-state index contributed by atoms with van der Waals surface area (Å²) in [5.74, 6) is 1.29. The predicted octanol–water partition coefficient (Wildman–Crippen LogP) is 2.93. The maximum atomic E-state index is 12.7. The molecule has 0 bridgehead atoms. The molecule has 0 aromatic heterocycles. The van der Waals surface area contributed by atoms with E-state index in [1.807, 2.05) is 12.1 Å². The highest BCUT2D eigenvalue weighted by atomic mass is 19.1. The molecular formula is C13H18FN. The number of hydrogen-bond acceptors (Lipinski definition) is 1. The molecule has 2 heteroatoms. The highest BCUT2D eigenvalue weighted by Crippen LogP contribution is 2.46. The van der Waals surface area contributed by atoms with Crippen molar-refractivity contribution in [3.63, 3.8) is 0 Å². The van der Waals surface area contributed by atoms with E-state index in [2.05, 4.69) is 12.2 Å². The number of rotatable bonds is 5. The molecule has 1 aliphatic carbocycles. The van der Waals surface area contributed by atoms with Gasteiger partial charge in [-0.05, 0) is 55.5 Å². The summed E-state index contributed by atoms with van der Waals surface area (Å²) in [7, 11) is 0. The van der Waals surface area contributed by atoms with Crippen molar-refractivity contribution in [1.82, 2.24) is 5.32 Å². The van der Waals surface area contributed by atoms with Crippen LogP contribution in [-0.2, 0) is 0 Å². The molecular weight excluding hydrogens is 189 g/mol. The first-order valence-corrected chi connectivity index (χ1v) is 5.77. The van der Waals surface area contributed by atoms with Crippen molar-refractivity contribution >= 4 is 0 Å². The fourth-order valence-corrected chi connectivity index (χ4v) is 2.06. The van der Waals surface area contributed by atoms with E-state index < -0.39 is 0 Å². The average molecular weight is 207 g/mol. The van der Waals surface area contributed by atoms with Crippen molar-refractivity contribution in [3.05, 3.63) is 35.6 Å². The van der Waals surface area contributed by atoms with E-state index in [0.29, 0.717) is 5.92 Å². The first-order chi connectivity index (χ1) is 7.31. The lowest BCUT2D eigenvalue weighted by atomic mass is 10.1. The molecule has 1 aromatic carbocycles. The standard InChI is InChI=1S/C13H18FN/c1-2-7-15-9-11-8-13(11)10-3-5-12(14)6-4-10/h3-6,11,13,15H,2,7-9H2,1H3. The van der Waals surface area contributed by atoms with Crippen molar-refractivity contribution in [3.8, 4) is 0 Å². The molecule has 0 saturated heterocycles. The average Bonchev–Trinajstić information content (AvgIpc) is 2.99. The van der Waals surface area contributed by atoms with E-state index in [0.717, 1.165) is 19.0 Å². The molecule has 1 nitrogen and oxygen atoms in total. The summed E-state index contributed by atoms with van der Waals surface area (Å²) in [5.41, 5.74) is 1.29. The molecule has 0 heterocycles. The molecule has 1 aromatic rings. The number of nitrogens with one attached hydrogen (secondary N) is 1. The Labute approximate surface area is 90.7 Å². The van der Waals surface area contributed by atoms with Gasteiger partial charge in [0.05, 0.1) is 0 Å². The number of hydrogen-bond donors (Lipinski definition) is 1. The van der Waals surface area contributed by atoms with Crippen molar-refractivity contribution in [2.45, 2.75) is 25.7 Å². The van der Waals surface area contributed by atoms with Gasteiger partial charge in [-0.25, -0.2) is 4.39 Å². The maximum absolute atomic E-state index is 12.7. The molecule has 2 unspecified atom stereocenters. The van der Waals surface area contributed by atoms with Gasteiger partial charge >= 0.3 is 0 Å². The first kappa shape index (κ1) is 10.6. The molecule has 1 aliphatic rings. The van der Waals surface area contributed by atoms with Gasteiger partial charge in [-0.3, -0.25) is 0 Å². The van der Waals surface area contributed by atoms with Crippen LogP contribution in [-0.4, -0.2) is 13.1 Å². The summed E-state index contributed by atoms with van der Waals surface area (Å²) in [6.45, 7) is 4.39. The summed E-state index contributed by atoms with van der Waals surface area (Å²) >= 11 is 0. The third-order valence-electron chi connectivity index (χ3n) is 3.05. The topological polar surface area (TPSA) is 12.0 Å². The second-order valence-corrected chi connectivity index (χ2v) is 4.36. The number of halogens is 1. The van der Waals surface area contributed by atoms with Crippen molar-refractivity contribution < 1.29 is 4.39 Å². The Hall–Kier alpha value is -0.890. The molecule has 0 radical (unpaired) electrons. The first-order valence-electron chi connectivity index (χ1n) is 5.77. The van der Waals surface area contributed by atoms with Crippen LogP contribution in [0.2, 0.25) is 0 Å². The third kappa shape index (κ3) is 2.78. The number of benzene rings is 1. The monoisotopic (exact) mass is 207 g/mol. The van der Waals surface area contributed by atoms with E-state index in [1.54, 1.807) is 12.1 Å². The zero-order valence-electron chi connectivity index (χ0n) is 9.17. The van der Waals surface area contributed by atoms with Gasteiger partial charge < -0.3 is 5.32 Å². The highest BCUT2D eigenvalue weighted by Gasteiger charge is 2.37.